The highest BCUT2D eigenvalue weighted by atomic mass is 32.2. The number of nitrogens with zero attached hydrogens (tertiary/aromatic N) is 1. The van der Waals surface area contributed by atoms with Crippen molar-refractivity contribution >= 4 is 34.8 Å². The Hall–Kier alpha value is -0.810. The maximum Gasteiger partial charge on any atom is 0.136 e. The van der Waals surface area contributed by atoms with Gasteiger partial charge in [0.1, 0.15) is 10.8 Å². The summed E-state index contributed by atoms with van der Waals surface area (Å²) in [6.07, 6.45) is 3.68. The van der Waals surface area contributed by atoms with Gasteiger partial charge in [-0.2, -0.15) is 11.8 Å². The Kier molecular flexibility index (Phi) is 5.05. The van der Waals surface area contributed by atoms with E-state index in [1.54, 1.807) is 0 Å². The van der Waals surface area contributed by atoms with Crippen molar-refractivity contribution in [2.24, 2.45) is 5.73 Å². The number of nitrogens with two attached hydrogens (primary N) is 1. The van der Waals surface area contributed by atoms with Crippen LogP contribution in [0.3, 0.4) is 0 Å². The highest BCUT2D eigenvalue weighted by Crippen LogP contribution is 2.31. The van der Waals surface area contributed by atoms with Crippen molar-refractivity contribution < 1.29 is 0 Å². The predicted octanol–water partition coefficient (Wildman–Crippen LogP) is 3.11. The third-order valence-corrected chi connectivity index (χ3v) is 4.88. The highest BCUT2D eigenvalue weighted by Gasteiger charge is 2.25. The van der Waals surface area contributed by atoms with Crippen LogP contribution in [0.1, 0.15) is 37.4 Å². The number of hydrogen-bond donors (Lipinski definition) is 2. The van der Waals surface area contributed by atoms with Gasteiger partial charge in [-0.1, -0.05) is 19.1 Å². The Morgan fingerprint density at radius 1 is 1.53 bits per heavy atom. The summed E-state index contributed by atoms with van der Waals surface area (Å²) in [6, 6.07) is 4.40. The summed E-state index contributed by atoms with van der Waals surface area (Å²) in [7, 11) is 0. The van der Waals surface area contributed by atoms with E-state index < -0.39 is 0 Å². The van der Waals surface area contributed by atoms with Gasteiger partial charge >= 0.3 is 0 Å². The van der Waals surface area contributed by atoms with Gasteiger partial charge in [0.05, 0.1) is 5.56 Å². The molecule has 2 atom stereocenters. The first-order valence-electron chi connectivity index (χ1n) is 6.75. The molecule has 0 amide bonds. The second kappa shape index (κ2) is 6.57. The van der Waals surface area contributed by atoms with Gasteiger partial charge in [0.25, 0.3) is 0 Å². The Bertz CT molecular complexity index is 462. The maximum absolute atomic E-state index is 5.76. The van der Waals surface area contributed by atoms with E-state index in [2.05, 4.69) is 29.0 Å². The molecule has 1 fully saturated rings. The van der Waals surface area contributed by atoms with Gasteiger partial charge in [0.15, 0.2) is 0 Å². The summed E-state index contributed by atoms with van der Waals surface area (Å²) in [5, 5.41) is 4.31. The molecule has 1 aliphatic carbocycles. The first kappa shape index (κ1) is 14.6. The minimum Gasteiger partial charge on any atom is -0.389 e. The van der Waals surface area contributed by atoms with Crippen molar-refractivity contribution in [1.82, 2.24) is 4.98 Å². The number of rotatable bonds is 5. The maximum atomic E-state index is 5.76. The third-order valence-electron chi connectivity index (χ3n) is 3.43. The van der Waals surface area contributed by atoms with Crippen molar-refractivity contribution in [3.63, 3.8) is 0 Å². The molecular formula is C14H21N3S2. The average Bonchev–Trinajstić information content (AvgIpc) is 2.77. The van der Waals surface area contributed by atoms with Crippen LogP contribution in [-0.4, -0.2) is 27.0 Å². The molecule has 1 saturated carbocycles. The molecule has 1 aliphatic rings. The molecule has 0 aliphatic heterocycles. The molecule has 19 heavy (non-hydrogen) atoms. The van der Waals surface area contributed by atoms with Crippen molar-refractivity contribution in [3.8, 4) is 0 Å². The van der Waals surface area contributed by atoms with Gasteiger partial charge in [0.2, 0.25) is 0 Å². The fourth-order valence-corrected chi connectivity index (χ4v) is 3.82. The smallest absolute Gasteiger partial charge is 0.136 e. The van der Waals surface area contributed by atoms with Crippen LogP contribution in [0.5, 0.6) is 0 Å². The lowest BCUT2D eigenvalue weighted by molar-refractivity contribution is 0.751. The van der Waals surface area contributed by atoms with E-state index in [-0.39, 0.29) is 0 Å². The van der Waals surface area contributed by atoms with E-state index in [0.717, 1.165) is 22.3 Å². The van der Waals surface area contributed by atoms with Gasteiger partial charge in [-0.15, -0.1) is 0 Å². The Morgan fingerprint density at radius 2 is 2.32 bits per heavy atom. The third kappa shape index (κ3) is 3.83. The first-order chi connectivity index (χ1) is 9.10. The topological polar surface area (TPSA) is 50.9 Å². The molecule has 0 radical (unpaired) electrons. The Morgan fingerprint density at radius 3 is 3.00 bits per heavy atom. The van der Waals surface area contributed by atoms with Gasteiger partial charge in [-0.25, -0.2) is 4.98 Å². The molecule has 3 nitrogen and oxygen atoms in total. The molecule has 0 spiro atoms. The quantitative estimate of drug-likeness (QED) is 0.818. The number of thioether (sulfide) groups is 1. The highest BCUT2D eigenvalue weighted by molar-refractivity contribution is 7.99. The van der Waals surface area contributed by atoms with E-state index in [1.165, 1.54) is 25.0 Å². The zero-order valence-electron chi connectivity index (χ0n) is 11.5. The fourth-order valence-electron chi connectivity index (χ4n) is 2.52. The van der Waals surface area contributed by atoms with E-state index in [0.29, 0.717) is 11.0 Å². The Balaban J connectivity index is 2.07. The monoisotopic (exact) mass is 295 g/mol. The van der Waals surface area contributed by atoms with E-state index >= 15 is 0 Å². The van der Waals surface area contributed by atoms with Crippen molar-refractivity contribution in [3.05, 3.63) is 23.4 Å². The van der Waals surface area contributed by atoms with Gasteiger partial charge in [-0.05, 0) is 44.1 Å². The standard InChI is InChI=1S/C14H21N3S2/c1-3-19-11-6-5-10(8-11)17-14-12(13(15)18)7-4-9(2)16-14/h4,7,10-11H,3,5-6,8H2,1-2H3,(H2,15,18)(H,16,17). The number of aromatic nitrogens is 1. The van der Waals surface area contributed by atoms with Crippen LogP contribution in [0.2, 0.25) is 0 Å². The Labute approximate surface area is 124 Å². The molecular weight excluding hydrogens is 274 g/mol. The average molecular weight is 295 g/mol. The zero-order valence-corrected chi connectivity index (χ0v) is 13.1. The van der Waals surface area contributed by atoms with Crippen LogP contribution < -0.4 is 11.1 Å². The van der Waals surface area contributed by atoms with Crippen LogP contribution in [0.4, 0.5) is 5.82 Å². The predicted molar refractivity (Wildman–Crippen MR) is 88.0 cm³/mol. The van der Waals surface area contributed by atoms with Crippen LogP contribution in [-0.2, 0) is 0 Å². The van der Waals surface area contributed by atoms with Crippen LogP contribution >= 0.6 is 24.0 Å². The SMILES string of the molecule is CCSC1CCC(Nc2nc(C)ccc2C(N)=S)C1. The number of anilines is 1. The lowest BCUT2D eigenvalue weighted by atomic mass is 10.2. The van der Waals surface area contributed by atoms with Crippen molar-refractivity contribution in [2.75, 3.05) is 11.1 Å². The molecule has 5 heteroatoms. The lowest BCUT2D eigenvalue weighted by Gasteiger charge is -2.16. The van der Waals surface area contributed by atoms with Crippen LogP contribution in [0.25, 0.3) is 0 Å². The van der Waals surface area contributed by atoms with Gasteiger partial charge < -0.3 is 11.1 Å². The van der Waals surface area contributed by atoms with E-state index in [9.17, 15) is 0 Å². The molecule has 1 aromatic heterocycles. The number of nitrogens with one attached hydrogen (secondary N) is 1. The summed E-state index contributed by atoms with van der Waals surface area (Å²) in [5.41, 5.74) is 7.60. The second-order valence-electron chi connectivity index (χ2n) is 4.94. The van der Waals surface area contributed by atoms with Gasteiger partial charge in [-0.3, -0.25) is 0 Å². The first-order valence-corrected chi connectivity index (χ1v) is 8.21. The van der Waals surface area contributed by atoms with E-state index in [4.69, 9.17) is 18.0 Å². The summed E-state index contributed by atoms with van der Waals surface area (Å²) in [5.74, 6) is 2.04. The largest absolute Gasteiger partial charge is 0.389 e. The number of pyridine rings is 1. The van der Waals surface area contributed by atoms with Crippen molar-refractivity contribution in [1.29, 1.82) is 0 Å². The molecule has 104 valence electrons. The number of thiocarbonyl (C=S) groups is 1. The lowest BCUT2D eigenvalue weighted by Crippen LogP contribution is -2.21. The minimum atomic E-state index is 0.410. The minimum absolute atomic E-state index is 0.410. The summed E-state index contributed by atoms with van der Waals surface area (Å²) >= 11 is 7.15. The molecule has 0 bridgehead atoms. The molecule has 3 N–H and O–H groups in total. The zero-order chi connectivity index (χ0) is 13.8. The molecule has 0 aromatic carbocycles. The van der Waals surface area contributed by atoms with Crippen LogP contribution in [0, 0.1) is 6.92 Å². The van der Waals surface area contributed by atoms with Crippen LogP contribution in [0.15, 0.2) is 12.1 Å². The summed E-state index contributed by atoms with van der Waals surface area (Å²) in [4.78, 5) is 4.95. The number of aryl methyl sites for hydroxylation is 1. The van der Waals surface area contributed by atoms with Crippen molar-refractivity contribution in [2.45, 2.75) is 44.4 Å². The second-order valence-corrected chi connectivity index (χ2v) is 6.96. The number of hydrogen-bond acceptors (Lipinski definition) is 4. The fraction of sp³-hybridized carbons (Fsp3) is 0.571. The summed E-state index contributed by atoms with van der Waals surface area (Å²) < 4.78 is 0. The molecule has 2 unspecified atom stereocenters. The summed E-state index contributed by atoms with van der Waals surface area (Å²) in [6.45, 7) is 4.21. The molecule has 0 saturated heterocycles. The molecule has 1 heterocycles. The van der Waals surface area contributed by atoms with Gasteiger partial charge in [0, 0.05) is 17.0 Å². The van der Waals surface area contributed by atoms with E-state index in [1.807, 2.05) is 19.1 Å². The normalized spacial score (nSPS) is 22.4. The molecule has 2 rings (SSSR count). The molecule has 1 aromatic rings.